The van der Waals surface area contributed by atoms with Gasteiger partial charge in [-0.15, -0.1) is 5.10 Å². The van der Waals surface area contributed by atoms with Crippen LogP contribution in [0.15, 0.2) is 6.33 Å². The van der Waals surface area contributed by atoms with Crippen molar-refractivity contribution in [2.45, 2.75) is 31.3 Å². The zero-order valence-electron chi connectivity index (χ0n) is 10.6. The van der Waals surface area contributed by atoms with Crippen LogP contribution in [0.4, 0.5) is 8.78 Å². The highest BCUT2D eigenvalue weighted by atomic mass is 31.2. The number of hydrogen-bond donors (Lipinski definition) is 2. The number of halogens is 2. The Morgan fingerprint density at radius 1 is 1.67 bits per heavy atom. The molecule has 1 aromatic rings. The molecule has 1 amide bonds. The van der Waals surface area contributed by atoms with E-state index in [0.717, 1.165) is 0 Å². The minimum atomic E-state index is -4.93. The van der Waals surface area contributed by atoms with E-state index >= 15 is 0 Å². The van der Waals surface area contributed by atoms with Gasteiger partial charge < -0.3 is 19.9 Å². The van der Waals surface area contributed by atoms with Crippen LogP contribution in [-0.2, 0) is 13.8 Å². The number of carbonyl (C=O) groups is 1. The Morgan fingerprint density at radius 2 is 2.38 bits per heavy atom. The summed E-state index contributed by atoms with van der Waals surface area (Å²) in [7, 11) is -4.93. The Morgan fingerprint density at radius 3 is 2.95 bits per heavy atom. The average Bonchev–Trinajstić information content (AvgIpc) is 3.05. The zero-order chi connectivity index (χ0) is 15.6. The number of nitrogens with two attached hydrogens (primary N) is 1. The molecule has 3 atom stereocenters. The average molecular weight is 326 g/mol. The molecule has 0 bridgehead atoms. The first-order chi connectivity index (χ1) is 9.79. The maximum atomic E-state index is 12.2. The smallest absolute Gasteiger partial charge is 0.363 e. The molecule has 1 unspecified atom stereocenters. The molecule has 1 aliphatic heterocycles. The highest BCUT2D eigenvalue weighted by Crippen LogP contribution is 2.49. The van der Waals surface area contributed by atoms with Crippen LogP contribution in [-0.4, -0.2) is 44.4 Å². The summed E-state index contributed by atoms with van der Waals surface area (Å²) in [6.45, 7) is -0.439. The predicted molar refractivity (Wildman–Crippen MR) is 63.5 cm³/mol. The van der Waals surface area contributed by atoms with Crippen LogP contribution in [0.3, 0.4) is 0 Å². The standard InChI is InChI=1S/C9H13F2N4O5P/c10-9(11)21(17,18)19-3-5-1-2-6(20-5)15-4-13-8(14-15)7(12)16/h4-6,9H,1-3H2,(H2,12,16)(H,17,18)/t5-,6+/m0/s1. The minimum absolute atomic E-state index is 0.171. The maximum absolute atomic E-state index is 12.2. The third-order valence-electron chi connectivity index (χ3n) is 2.80. The summed E-state index contributed by atoms with van der Waals surface area (Å²) in [4.78, 5) is 23.4. The molecule has 118 valence electrons. The van der Waals surface area contributed by atoms with Gasteiger partial charge in [0, 0.05) is 0 Å². The van der Waals surface area contributed by atoms with E-state index in [0.29, 0.717) is 12.8 Å². The fraction of sp³-hybridized carbons (Fsp3) is 0.667. The van der Waals surface area contributed by atoms with Crippen LogP contribution in [0.25, 0.3) is 0 Å². The molecule has 0 spiro atoms. The molecule has 9 nitrogen and oxygen atoms in total. The van der Waals surface area contributed by atoms with Gasteiger partial charge in [-0.3, -0.25) is 9.36 Å². The lowest BCUT2D eigenvalue weighted by atomic mass is 10.2. The first-order valence-electron chi connectivity index (χ1n) is 5.91. The van der Waals surface area contributed by atoms with Gasteiger partial charge in [0.05, 0.1) is 12.7 Å². The van der Waals surface area contributed by atoms with E-state index in [2.05, 4.69) is 14.6 Å². The largest absolute Gasteiger partial charge is 0.394 e. The van der Waals surface area contributed by atoms with Crippen molar-refractivity contribution in [3.8, 4) is 0 Å². The van der Waals surface area contributed by atoms with Crippen LogP contribution in [0.5, 0.6) is 0 Å². The van der Waals surface area contributed by atoms with E-state index in [1.807, 2.05) is 0 Å². The lowest BCUT2D eigenvalue weighted by Crippen LogP contribution is -2.18. The molecule has 1 fully saturated rings. The zero-order valence-corrected chi connectivity index (χ0v) is 11.5. The van der Waals surface area contributed by atoms with Gasteiger partial charge in [0.15, 0.2) is 6.23 Å². The van der Waals surface area contributed by atoms with Crippen molar-refractivity contribution in [2.75, 3.05) is 6.61 Å². The van der Waals surface area contributed by atoms with Gasteiger partial charge in [-0.1, -0.05) is 0 Å². The second-order valence-electron chi connectivity index (χ2n) is 4.34. The topological polar surface area (TPSA) is 130 Å². The number of nitrogens with zero attached hydrogens (tertiary/aromatic N) is 3. The third-order valence-corrected chi connectivity index (χ3v) is 3.81. The Kier molecular flexibility index (Phi) is 4.67. The van der Waals surface area contributed by atoms with Gasteiger partial charge in [-0.25, -0.2) is 9.67 Å². The number of primary amides is 1. The second-order valence-corrected chi connectivity index (χ2v) is 6.12. The fourth-order valence-corrected chi connectivity index (χ4v) is 2.27. The van der Waals surface area contributed by atoms with E-state index in [-0.39, 0.29) is 5.82 Å². The predicted octanol–water partition coefficient (Wildman–Crippen LogP) is 0.479. The maximum Gasteiger partial charge on any atom is 0.394 e. The van der Waals surface area contributed by atoms with E-state index < -0.39 is 38.6 Å². The van der Waals surface area contributed by atoms with Gasteiger partial charge in [-0.05, 0) is 12.8 Å². The summed E-state index contributed by atoms with van der Waals surface area (Å²) in [5.74, 6) is -0.958. The molecule has 21 heavy (non-hydrogen) atoms. The molecule has 0 saturated carbocycles. The Labute approximate surface area is 117 Å². The number of carbonyl (C=O) groups excluding carboxylic acids is 1. The Bertz CT molecular complexity index is 568. The fourth-order valence-electron chi connectivity index (χ4n) is 1.78. The van der Waals surface area contributed by atoms with Crippen molar-refractivity contribution in [3.05, 3.63) is 12.2 Å². The monoisotopic (exact) mass is 326 g/mol. The van der Waals surface area contributed by atoms with Crippen LogP contribution in [0.1, 0.15) is 29.7 Å². The van der Waals surface area contributed by atoms with Crippen LogP contribution in [0.2, 0.25) is 0 Å². The van der Waals surface area contributed by atoms with Gasteiger partial charge in [0.1, 0.15) is 6.33 Å². The molecule has 2 rings (SSSR count). The van der Waals surface area contributed by atoms with E-state index in [4.69, 9.17) is 15.4 Å². The Hall–Kier alpha value is -1.42. The van der Waals surface area contributed by atoms with Gasteiger partial charge in [0.2, 0.25) is 5.82 Å². The van der Waals surface area contributed by atoms with Gasteiger partial charge in [-0.2, -0.15) is 8.78 Å². The van der Waals surface area contributed by atoms with Crippen molar-refractivity contribution in [2.24, 2.45) is 5.73 Å². The summed E-state index contributed by atoms with van der Waals surface area (Å²) >= 11 is 0. The highest BCUT2D eigenvalue weighted by Gasteiger charge is 2.35. The van der Waals surface area contributed by atoms with Gasteiger partial charge in [0.25, 0.3) is 5.91 Å². The quantitative estimate of drug-likeness (QED) is 0.727. The third kappa shape index (κ3) is 3.82. The lowest BCUT2D eigenvalue weighted by molar-refractivity contribution is -0.0272. The Balaban J connectivity index is 1.88. The molecular formula is C9H13F2N4O5P. The second kappa shape index (κ2) is 6.14. The van der Waals surface area contributed by atoms with Crippen molar-refractivity contribution >= 4 is 13.5 Å². The lowest BCUT2D eigenvalue weighted by Gasteiger charge is -2.16. The number of hydrogen-bond acceptors (Lipinski definition) is 6. The molecular weight excluding hydrogens is 313 g/mol. The number of aromatic nitrogens is 3. The van der Waals surface area contributed by atoms with E-state index in [1.165, 1.54) is 11.0 Å². The number of alkyl halides is 2. The molecule has 1 aliphatic rings. The summed E-state index contributed by atoms with van der Waals surface area (Å²) in [5, 5.41) is 3.80. The van der Waals surface area contributed by atoms with Gasteiger partial charge >= 0.3 is 13.8 Å². The van der Waals surface area contributed by atoms with Crippen LogP contribution >= 0.6 is 7.60 Å². The first kappa shape index (κ1) is 16.0. The molecule has 0 aromatic carbocycles. The summed E-state index contributed by atoms with van der Waals surface area (Å²) < 4.78 is 46.3. The van der Waals surface area contributed by atoms with Crippen molar-refractivity contribution in [1.82, 2.24) is 14.8 Å². The molecule has 12 heteroatoms. The summed E-state index contributed by atoms with van der Waals surface area (Å²) in [6.07, 6.45) is -2.52. The van der Waals surface area contributed by atoms with Crippen molar-refractivity contribution in [3.63, 3.8) is 0 Å². The number of amides is 1. The molecule has 3 N–H and O–H groups in total. The first-order valence-corrected chi connectivity index (χ1v) is 7.56. The number of rotatable bonds is 6. The van der Waals surface area contributed by atoms with E-state index in [1.54, 1.807) is 0 Å². The molecule has 0 aliphatic carbocycles. The summed E-state index contributed by atoms with van der Waals surface area (Å²) in [6, 6.07) is 0. The molecule has 1 aromatic heterocycles. The molecule has 2 heterocycles. The van der Waals surface area contributed by atoms with Crippen molar-refractivity contribution < 1.29 is 32.3 Å². The van der Waals surface area contributed by atoms with Crippen LogP contribution in [0, 0.1) is 0 Å². The molecule has 0 radical (unpaired) electrons. The molecule has 1 saturated heterocycles. The highest BCUT2D eigenvalue weighted by molar-refractivity contribution is 7.53. The SMILES string of the molecule is NC(=O)c1ncn([C@H]2CC[C@@H](COP(=O)(O)C(F)F)O2)n1. The minimum Gasteiger partial charge on any atom is -0.363 e. The van der Waals surface area contributed by atoms with Crippen LogP contribution < -0.4 is 5.73 Å². The van der Waals surface area contributed by atoms with Crippen molar-refractivity contribution in [1.29, 1.82) is 0 Å². The number of ether oxygens (including phenoxy) is 1. The van der Waals surface area contributed by atoms with E-state index in [9.17, 15) is 18.1 Å². The normalized spacial score (nSPS) is 25.1. The summed E-state index contributed by atoms with van der Waals surface area (Å²) in [5.41, 5.74) is 5.01.